The highest BCUT2D eigenvalue weighted by Gasteiger charge is 2.44. The molecular weight excluding hydrogens is 282 g/mol. The van der Waals surface area contributed by atoms with Gasteiger partial charge in [0.2, 0.25) is 5.91 Å². The molecule has 9 heteroatoms. The van der Waals surface area contributed by atoms with Crippen molar-refractivity contribution < 1.29 is 29.0 Å². The lowest BCUT2D eigenvalue weighted by Gasteiger charge is -2.40. The molecule has 0 aliphatic carbocycles. The molecule has 1 saturated heterocycles. The summed E-state index contributed by atoms with van der Waals surface area (Å²) in [6.07, 6.45) is 0.0754. The summed E-state index contributed by atoms with van der Waals surface area (Å²) in [4.78, 5) is 47.4. The van der Waals surface area contributed by atoms with Crippen LogP contribution in [0.3, 0.4) is 0 Å². The van der Waals surface area contributed by atoms with Crippen LogP contribution in [-0.4, -0.2) is 65.7 Å². The molecule has 0 aromatic heterocycles. The van der Waals surface area contributed by atoms with Crippen molar-refractivity contribution >= 4 is 23.8 Å². The van der Waals surface area contributed by atoms with Crippen molar-refractivity contribution in [2.75, 3.05) is 20.3 Å². The molecule has 0 aromatic carbocycles. The van der Waals surface area contributed by atoms with Crippen LogP contribution in [0.5, 0.6) is 0 Å². The number of carbonyl (C=O) groups is 4. The highest BCUT2D eigenvalue weighted by atomic mass is 16.5. The van der Waals surface area contributed by atoms with Gasteiger partial charge in [-0.3, -0.25) is 14.9 Å². The summed E-state index contributed by atoms with van der Waals surface area (Å²) in [6.45, 7) is 2.78. The Morgan fingerprint density at radius 1 is 1.48 bits per heavy atom. The summed E-state index contributed by atoms with van der Waals surface area (Å²) in [5.41, 5.74) is -1.25. The molecule has 9 nitrogen and oxygen atoms in total. The highest BCUT2D eigenvalue weighted by Crippen LogP contribution is 2.18. The largest absolute Gasteiger partial charge is 0.480 e. The van der Waals surface area contributed by atoms with Gasteiger partial charge in [-0.15, -0.1) is 0 Å². The van der Waals surface area contributed by atoms with E-state index < -0.39 is 35.4 Å². The van der Waals surface area contributed by atoms with E-state index in [9.17, 15) is 19.2 Å². The van der Waals surface area contributed by atoms with E-state index in [2.05, 4.69) is 10.6 Å². The normalized spacial score (nSPS) is 18.9. The molecule has 0 spiro atoms. The Hall–Kier alpha value is -2.16. The van der Waals surface area contributed by atoms with E-state index in [1.807, 2.05) is 0 Å². The van der Waals surface area contributed by atoms with Crippen LogP contribution in [0, 0.1) is 0 Å². The SMILES string of the molecule is COCCC(NC(=O)N1CC(=O)NC(=O)C1(C)C)C(=O)O. The lowest BCUT2D eigenvalue weighted by molar-refractivity contribution is -0.142. The molecule has 4 amide bonds. The van der Waals surface area contributed by atoms with Crippen LogP contribution < -0.4 is 10.6 Å². The zero-order valence-electron chi connectivity index (χ0n) is 12.1. The van der Waals surface area contributed by atoms with Gasteiger partial charge >= 0.3 is 12.0 Å². The Morgan fingerprint density at radius 2 is 2.10 bits per heavy atom. The first kappa shape index (κ1) is 16.9. The first-order valence-electron chi connectivity index (χ1n) is 6.34. The van der Waals surface area contributed by atoms with Gasteiger partial charge < -0.3 is 20.1 Å². The van der Waals surface area contributed by atoms with Crippen LogP contribution in [0.4, 0.5) is 4.79 Å². The maximum absolute atomic E-state index is 12.2. The predicted octanol–water partition coefficient (Wildman–Crippen LogP) is -1.08. The van der Waals surface area contributed by atoms with Gasteiger partial charge in [0.05, 0.1) is 0 Å². The highest BCUT2D eigenvalue weighted by molar-refractivity contribution is 6.06. The third kappa shape index (κ3) is 3.91. The number of methoxy groups -OCH3 is 1. The van der Waals surface area contributed by atoms with E-state index in [0.29, 0.717) is 0 Å². The van der Waals surface area contributed by atoms with Crippen LogP contribution in [0.15, 0.2) is 0 Å². The molecule has 0 bridgehead atoms. The number of carboxylic acids is 1. The molecule has 1 unspecified atom stereocenters. The lowest BCUT2D eigenvalue weighted by atomic mass is 9.99. The molecule has 21 heavy (non-hydrogen) atoms. The molecule has 1 aliphatic heterocycles. The van der Waals surface area contributed by atoms with Crippen molar-refractivity contribution in [2.45, 2.75) is 31.8 Å². The van der Waals surface area contributed by atoms with Crippen LogP contribution in [0.25, 0.3) is 0 Å². The summed E-state index contributed by atoms with van der Waals surface area (Å²) in [7, 11) is 1.41. The number of piperazine rings is 1. The quantitative estimate of drug-likeness (QED) is 0.555. The number of rotatable bonds is 5. The average molecular weight is 301 g/mol. The molecule has 3 N–H and O–H groups in total. The Labute approximate surface area is 121 Å². The lowest BCUT2D eigenvalue weighted by Crippen LogP contribution is -2.67. The van der Waals surface area contributed by atoms with Gasteiger partial charge in [-0.1, -0.05) is 0 Å². The fraction of sp³-hybridized carbons (Fsp3) is 0.667. The molecule has 0 radical (unpaired) electrons. The van der Waals surface area contributed by atoms with Crippen molar-refractivity contribution in [1.82, 2.24) is 15.5 Å². The number of urea groups is 1. The number of hydrogen-bond donors (Lipinski definition) is 3. The number of nitrogens with one attached hydrogen (secondary N) is 2. The van der Waals surface area contributed by atoms with E-state index >= 15 is 0 Å². The standard InChI is InChI=1S/C12H19N3O6/c1-12(2)10(19)14-8(16)6-15(12)11(20)13-7(9(17)18)4-5-21-3/h7H,4-6H2,1-3H3,(H,13,20)(H,17,18)(H,14,16,19). The zero-order valence-corrected chi connectivity index (χ0v) is 12.1. The van der Waals surface area contributed by atoms with Crippen molar-refractivity contribution in [1.29, 1.82) is 0 Å². The maximum atomic E-state index is 12.2. The minimum absolute atomic E-state index is 0.0754. The second kappa shape index (κ2) is 6.53. The Kier molecular flexibility index (Phi) is 5.25. The molecule has 1 heterocycles. The Bertz CT molecular complexity index is 462. The summed E-state index contributed by atoms with van der Waals surface area (Å²) in [5, 5.41) is 13.5. The van der Waals surface area contributed by atoms with E-state index in [-0.39, 0.29) is 19.6 Å². The Balaban J connectivity index is 2.82. The number of aliphatic carboxylic acids is 1. The van der Waals surface area contributed by atoms with E-state index in [4.69, 9.17) is 9.84 Å². The number of amides is 4. The van der Waals surface area contributed by atoms with Gasteiger partial charge in [-0.05, 0) is 13.8 Å². The van der Waals surface area contributed by atoms with Gasteiger partial charge in [0.25, 0.3) is 5.91 Å². The number of hydrogen-bond acceptors (Lipinski definition) is 5. The molecule has 0 aromatic rings. The van der Waals surface area contributed by atoms with Crippen LogP contribution in [-0.2, 0) is 19.1 Å². The predicted molar refractivity (Wildman–Crippen MR) is 70.4 cm³/mol. The molecule has 0 saturated carbocycles. The number of carbonyl (C=O) groups excluding carboxylic acids is 3. The summed E-state index contributed by atoms with van der Waals surface area (Å²) < 4.78 is 4.78. The second-order valence-corrected chi connectivity index (χ2v) is 5.14. The topological polar surface area (TPSA) is 125 Å². The van der Waals surface area contributed by atoms with Gasteiger partial charge in [0, 0.05) is 20.1 Å². The monoisotopic (exact) mass is 301 g/mol. The number of ether oxygens (including phenoxy) is 1. The minimum atomic E-state index is -1.25. The molecule has 1 aliphatic rings. The molecular formula is C12H19N3O6. The van der Waals surface area contributed by atoms with Gasteiger partial charge in [-0.2, -0.15) is 0 Å². The third-order valence-electron chi connectivity index (χ3n) is 3.24. The first-order valence-corrected chi connectivity index (χ1v) is 6.34. The first-order chi connectivity index (χ1) is 9.70. The summed E-state index contributed by atoms with van der Waals surface area (Å²) in [6, 6.07) is -1.94. The Morgan fingerprint density at radius 3 is 2.62 bits per heavy atom. The fourth-order valence-corrected chi connectivity index (χ4v) is 1.83. The van der Waals surface area contributed by atoms with Crippen molar-refractivity contribution in [3.8, 4) is 0 Å². The average Bonchev–Trinajstić information content (AvgIpc) is 2.38. The summed E-state index contributed by atoms with van der Waals surface area (Å²) in [5.74, 6) is -2.44. The maximum Gasteiger partial charge on any atom is 0.326 e. The van der Waals surface area contributed by atoms with E-state index in [1.165, 1.54) is 21.0 Å². The summed E-state index contributed by atoms with van der Waals surface area (Å²) >= 11 is 0. The van der Waals surface area contributed by atoms with Gasteiger partial charge in [0.15, 0.2) is 0 Å². The number of carboxylic acid groups (broad SMARTS) is 1. The number of imide groups is 1. The van der Waals surface area contributed by atoms with Gasteiger partial charge in [-0.25, -0.2) is 9.59 Å². The smallest absolute Gasteiger partial charge is 0.326 e. The van der Waals surface area contributed by atoms with E-state index in [0.717, 1.165) is 4.90 Å². The van der Waals surface area contributed by atoms with Crippen LogP contribution in [0.2, 0.25) is 0 Å². The minimum Gasteiger partial charge on any atom is -0.480 e. The van der Waals surface area contributed by atoms with Crippen LogP contribution in [0.1, 0.15) is 20.3 Å². The van der Waals surface area contributed by atoms with Gasteiger partial charge in [0.1, 0.15) is 18.1 Å². The zero-order chi connectivity index (χ0) is 16.2. The second-order valence-electron chi connectivity index (χ2n) is 5.14. The molecule has 118 valence electrons. The third-order valence-corrected chi connectivity index (χ3v) is 3.24. The van der Waals surface area contributed by atoms with Crippen molar-refractivity contribution in [3.63, 3.8) is 0 Å². The van der Waals surface area contributed by atoms with E-state index in [1.54, 1.807) is 0 Å². The van der Waals surface area contributed by atoms with Crippen LogP contribution >= 0.6 is 0 Å². The number of nitrogens with zero attached hydrogens (tertiary/aromatic N) is 1. The molecule has 1 fully saturated rings. The van der Waals surface area contributed by atoms with Crippen molar-refractivity contribution in [3.05, 3.63) is 0 Å². The molecule has 1 rings (SSSR count). The fourth-order valence-electron chi connectivity index (χ4n) is 1.83. The molecule has 1 atom stereocenters. The van der Waals surface area contributed by atoms with Crippen molar-refractivity contribution in [2.24, 2.45) is 0 Å².